The number of hydrogen-bond donors (Lipinski definition) is 1. The van der Waals surface area contributed by atoms with Gasteiger partial charge in [0.05, 0.1) is 37.2 Å². The number of ketones is 1. The maximum absolute atomic E-state index is 13.5. The van der Waals surface area contributed by atoms with Crippen LogP contribution in [0.25, 0.3) is 11.4 Å². The fraction of sp³-hybridized carbons (Fsp3) is 0.192. The van der Waals surface area contributed by atoms with Gasteiger partial charge in [-0.2, -0.15) is 0 Å². The number of amides is 1. The van der Waals surface area contributed by atoms with Crippen LogP contribution in [0.15, 0.2) is 54.2 Å². The molecule has 1 fully saturated rings. The molecule has 1 unspecified atom stereocenters. The molecule has 5 rings (SSSR count). The summed E-state index contributed by atoms with van der Waals surface area (Å²) in [6, 6.07) is 11.1. The average molecular weight is 519 g/mol. The van der Waals surface area contributed by atoms with Gasteiger partial charge in [0, 0.05) is 6.20 Å². The Kier molecular flexibility index (Phi) is 6.00. The molecule has 4 heterocycles. The van der Waals surface area contributed by atoms with Crippen molar-refractivity contribution in [2.75, 3.05) is 19.1 Å². The Morgan fingerprint density at radius 2 is 1.76 bits per heavy atom. The lowest BCUT2D eigenvalue weighted by Gasteiger charge is -2.23. The molecule has 1 atom stereocenters. The van der Waals surface area contributed by atoms with E-state index in [1.165, 1.54) is 19.1 Å². The predicted octanol–water partition coefficient (Wildman–Crippen LogP) is 3.83. The molecule has 1 N–H and O–H groups in total. The van der Waals surface area contributed by atoms with Crippen molar-refractivity contribution in [2.24, 2.45) is 0 Å². The van der Waals surface area contributed by atoms with Crippen molar-refractivity contribution < 1.29 is 29.0 Å². The highest BCUT2D eigenvalue weighted by Crippen LogP contribution is 2.44. The third-order valence-corrected chi connectivity index (χ3v) is 7.30. The van der Waals surface area contributed by atoms with Gasteiger partial charge in [0.25, 0.3) is 5.78 Å². The molecule has 188 valence electrons. The summed E-state index contributed by atoms with van der Waals surface area (Å²) in [6.07, 6.45) is 1.72. The summed E-state index contributed by atoms with van der Waals surface area (Å²) in [5, 5.41) is 11.7. The monoisotopic (exact) mass is 518 g/mol. The Labute approximate surface area is 215 Å². The molecule has 4 aromatic rings. The van der Waals surface area contributed by atoms with E-state index in [-0.39, 0.29) is 21.3 Å². The second-order valence-corrected chi connectivity index (χ2v) is 9.30. The van der Waals surface area contributed by atoms with E-state index in [2.05, 4.69) is 9.97 Å². The number of esters is 1. The number of benzene rings is 1. The molecule has 1 aliphatic heterocycles. The van der Waals surface area contributed by atoms with E-state index in [1.807, 2.05) is 6.07 Å². The van der Waals surface area contributed by atoms with Crippen LogP contribution < -0.4 is 9.64 Å². The zero-order valence-electron chi connectivity index (χ0n) is 20.4. The number of anilines is 1. The minimum Gasteiger partial charge on any atom is -0.505 e. The summed E-state index contributed by atoms with van der Waals surface area (Å²) in [5.74, 6) is -2.13. The fourth-order valence-corrected chi connectivity index (χ4v) is 5.44. The highest BCUT2D eigenvalue weighted by Gasteiger charge is 2.49. The highest BCUT2D eigenvalue weighted by molar-refractivity contribution is 7.17. The van der Waals surface area contributed by atoms with Crippen molar-refractivity contribution in [3.63, 3.8) is 0 Å². The van der Waals surface area contributed by atoms with Crippen LogP contribution in [0.2, 0.25) is 0 Å². The van der Waals surface area contributed by atoms with E-state index in [9.17, 15) is 19.5 Å². The largest absolute Gasteiger partial charge is 0.505 e. The standard InChI is InChI=1S/C26H22N4O6S/c1-13-19(29-12-6-5-7-17(29)27-13)21(31)18-20(15-8-10-16(35-3)11-9-15)30(24(33)22(18)32)26-28-14(2)23(37-26)25(34)36-4/h5-12,20,31H,1-4H3. The third kappa shape index (κ3) is 3.84. The van der Waals surface area contributed by atoms with Gasteiger partial charge in [-0.3, -0.25) is 18.9 Å². The first-order valence-corrected chi connectivity index (χ1v) is 12.0. The second kappa shape index (κ2) is 9.17. The molecule has 1 aromatic carbocycles. The SMILES string of the molecule is COC(=O)c1sc(N2C(=O)C(=O)C(=C(O)c3c(C)nc4ccccn34)C2c2ccc(OC)cc2)nc1C. The number of fused-ring (bicyclic) bond motifs is 1. The van der Waals surface area contributed by atoms with Crippen molar-refractivity contribution in [1.29, 1.82) is 0 Å². The number of thiazole rings is 1. The van der Waals surface area contributed by atoms with E-state index >= 15 is 0 Å². The quantitative estimate of drug-likeness (QED) is 0.183. The molecule has 3 aromatic heterocycles. The number of nitrogens with zero attached hydrogens (tertiary/aromatic N) is 4. The number of Topliss-reactive ketones (excluding diaryl/α,β-unsaturated/α-hetero) is 1. The number of aliphatic hydroxyl groups is 1. The number of imidazole rings is 1. The topological polar surface area (TPSA) is 123 Å². The van der Waals surface area contributed by atoms with Crippen molar-refractivity contribution >= 4 is 45.5 Å². The molecule has 0 aliphatic carbocycles. The van der Waals surface area contributed by atoms with Gasteiger partial charge in [0.1, 0.15) is 22.0 Å². The van der Waals surface area contributed by atoms with Crippen LogP contribution in [0.3, 0.4) is 0 Å². The highest BCUT2D eigenvalue weighted by atomic mass is 32.1. The Hall–Kier alpha value is -4.51. The summed E-state index contributed by atoms with van der Waals surface area (Å²) in [5.41, 5.74) is 2.16. The molecule has 37 heavy (non-hydrogen) atoms. The summed E-state index contributed by atoms with van der Waals surface area (Å²) >= 11 is 0.939. The lowest BCUT2D eigenvalue weighted by Crippen LogP contribution is -2.29. The number of hydrogen-bond acceptors (Lipinski definition) is 9. The van der Waals surface area contributed by atoms with E-state index in [0.29, 0.717) is 34.0 Å². The van der Waals surface area contributed by atoms with Gasteiger partial charge >= 0.3 is 11.9 Å². The van der Waals surface area contributed by atoms with E-state index in [4.69, 9.17) is 9.47 Å². The summed E-state index contributed by atoms with van der Waals surface area (Å²) in [6.45, 7) is 3.33. The van der Waals surface area contributed by atoms with Crippen molar-refractivity contribution in [3.05, 3.63) is 81.8 Å². The number of carbonyl (C=O) groups excluding carboxylic acids is 3. The normalized spacial score (nSPS) is 17.0. The molecule has 0 spiro atoms. The summed E-state index contributed by atoms with van der Waals surface area (Å²) in [7, 11) is 2.78. The van der Waals surface area contributed by atoms with Crippen LogP contribution in [0.1, 0.15) is 38.4 Å². The van der Waals surface area contributed by atoms with Gasteiger partial charge in [-0.05, 0) is 43.7 Å². The molecule has 1 aliphatic rings. The van der Waals surface area contributed by atoms with Gasteiger partial charge in [0.2, 0.25) is 0 Å². The maximum Gasteiger partial charge on any atom is 0.350 e. The van der Waals surface area contributed by atoms with Gasteiger partial charge in [-0.25, -0.2) is 14.8 Å². The Bertz CT molecular complexity index is 1600. The molecular formula is C26H22N4O6S. The molecule has 1 amide bonds. The minimum atomic E-state index is -1.02. The average Bonchev–Trinajstić information content (AvgIpc) is 3.53. The zero-order valence-corrected chi connectivity index (χ0v) is 21.2. The number of aryl methyl sites for hydroxylation is 2. The fourth-order valence-electron chi connectivity index (χ4n) is 4.43. The first-order chi connectivity index (χ1) is 17.8. The molecule has 10 nitrogen and oxygen atoms in total. The summed E-state index contributed by atoms with van der Waals surface area (Å²) < 4.78 is 11.7. The van der Waals surface area contributed by atoms with Crippen LogP contribution in [-0.2, 0) is 14.3 Å². The Morgan fingerprint density at radius 3 is 2.43 bits per heavy atom. The van der Waals surface area contributed by atoms with E-state index < -0.39 is 23.7 Å². The number of pyridine rings is 1. The zero-order chi connectivity index (χ0) is 26.4. The van der Waals surface area contributed by atoms with Gasteiger partial charge in [-0.1, -0.05) is 29.5 Å². The lowest BCUT2D eigenvalue weighted by molar-refractivity contribution is -0.132. The number of methoxy groups -OCH3 is 2. The van der Waals surface area contributed by atoms with Crippen LogP contribution >= 0.6 is 11.3 Å². The van der Waals surface area contributed by atoms with Crippen LogP contribution in [0.4, 0.5) is 5.13 Å². The molecule has 0 saturated carbocycles. The molecule has 0 radical (unpaired) electrons. The van der Waals surface area contributed by atoms with Gasteiger partial charge < -0.3 is 14.6 Å². The van der Waals surface area contributed by atoms with Gasteiger partial charge in [0.15, 0.2) is 10.9 Å². The molecule has 1 saturated heterocycles. The molecule has 11 heteroatoms. The number of aromatic nitrogens is 3. The van der Waals surface area contributed by atoms with Crippen molar-refractivity contribution in [1.82, 2.24) is 14.4 Å². The van der Waals surface area contributed by atoms with Crippen LogP contribution in [0, 0.1) is 13.8 Å². The molecular weight excluding hydrogens is 496 g/mol. The second-order valence-electron chi connectivity index (χ2n) is 8.32. The van der Waals surface area contributed by atoms with Crippen LogP contribution in [0.5, 0.6) is 5.75 Å². The van der Waals surface area contributed by atoms with E-state index in [1.54, 1.807) is 60.8 Å². The lowest BCUT2D eigenvalue weighted by atomic mass is 9.96. The maximum atomic E-state index is 13.5. The first kappa shape index (κ1) is 24.2. The van der Waals surface area contributed by atoms with Gasteiger partial charge in [-0.15, -0.1) is 0 Å². The first-order valence-electron chi connectivity index (χ1n) is 11.2. The predicted molar refractivity (Wildman–Crippen MR) is 136 cm³/mol. The van der Waals surface area contributed by atoms with Crippen molar-refractivity contribution in [3.8, 4) is 5.75 Å². The van der Waals surface area contributed by atoms with Crippen molar-refractivity contribution in [2.45, 2.75) is 19.9 Å². The number of ether oxygens (including phenoxy) is 2. The Morgan fingerprint density at radius 1 is 1.03 bits per heavy atom. The Balaban J connectivity index is 1.76. The smallest absolute Gasteiger partial charge is 0.350 e. The number of aliphatic hydroxyl groups excluding tert-OH is 1. The third-order valence-electron chi connectivity index (χ3n) is 6.17. The summed E-state index contributed by atoms with van der Waals surface area (Å²) in [4.78, 5) is 49.4. The number of carbonyl (C=O) groups is 3. The van der Waals surface area contributed by atoms with E-state index in [0.717, 1.165) is 11.3 Å². The molecule has 0 bridgehead atoms. The minimum absolute atomic E-state index is 0.114. The number of rotatable bonds is 5. The van der Waals surface area contributed by atoms with Crippen LogP contribution in [-0.4, -0.2) is 51.4 Å².